The van der Waals surface area contributed by atoms with Crippen molar-refractivity contribution in [2.75, 3.05) is 131 Å². The maximum atomic E-state index is 11.5. The summed E-state index contributed by atoms with van der Waals surface area (Å²) in [6.45, 7) is 0.0256. The molecule has 37 heteroatoms. The Balaban J connectivity index is 0.000000228. The predicted octanol–water partition coefficient (Wildman–Crippen LogP) is 29.7. The first-order chi connectivity index (χ1) is 69.0. The van der Waals surface area contributed by atoms with Crippen LogP contribution in [0.15, 0.2) is 320 Å². The molecular formula is C106H111BrClNO21S13. The molecular weight excluding hydrogens is 2160 g/mol. The van der Waals surface area contributed by atoms with Crippen molar-refractivity contribution in [1.29, 1.82) is 5.26 Å². The van der Waals surface area contributed by atoms with Gasteiger partial charge in [0, 0.05) is 137 Å². The number of thioether (sulfide) groups is 5. The Labute approximate surface area is 906 Å². The lowest BCUT2D eigenvalue weighted by molar-refractivity contribution is -0.136. The van der Waals surface area contributed by atoms with E-state index in [9.17, 15) is 24.6 Å². The second kappa shape index (κ2) is 65.0. The molecule has 0 radical (unpaired) electrons. The zero-order valence-corrected chi connectivity index (χ0v) is 94.9. The van der Waals surface area contributed by atoms with E-state index < -0.39 is 17.9 Å². The van der Waals surface area contributed by atoms with Gasteiger partial charge in [-0.25, -0.2) is 9.59 Å². The molecule has 143 heavy (non-hydrogen) atoms. The van der Waals surface area contributed by atoms with Crippen molar-refractivity contribution in [3.05, 3.63) is 281 Å². The van der Waals surface area contributed by atoms with Crippen molar-refractivity contribution >= 4 is 197 Å². The van der Waals surface area contributed by atoms with Gasteiger partial charge in [-0.15, -0.1) is 58.8 Å². The van der Waals surface area contributed by atoms with Gasteiger partial charge in [-0.1, -0.05) is 114 Å². The Kier molecular flexibility index (Phi) is 54.6. The first kappa shape index (κ1) is 120. The molecule has 0 amide bonds. The van der Waals surface area contributed by atoms with Crippen molar-refractivity contribution in [1.82, 2.24) is 0 Å². The van der Waals surface area contributed by atoms with E-state index in [4.69, 9.17) is 93.4 Å². The highest BCUT2D eigenvalue weighted by Gasteiger charge is 2.19. The molecule has 13 rings (SSSR count). The predicted molar refractivity (Wildman–Crippen MR) is 598 cm³/mol. The van der Waals surface area contributed by atoms with Gasteiger partial charge in [-0.3, -0.25) is 4.79 Å². The summed E-state index contributed by atoms with van der Waals surface area (Å²) in [5.74, 6) is 8.16. The number of carboxylic acid groups (broad SMARTS) is 3. The topological polar surface area (TPSA) is 285 Å². The van der Waals surface area contributed by atoms with Crippen molar-refractivity contribution in [2.45, 2.75) is 114 Å². The number of halogens is 2. The Morgan fingerprint density at radius 2 is 0.552 bits per heavy atom. The molecule has 22 nitrogen and oxygen atoms in total. The quantitative estimate of drug-likeness (QED) is 0.0103. The normalized spacial score (nSPS) is 10.3. The molecule has 0 heterocycles. The zero-order valence-electron chi connectivity index (χ0n) is 81.8. The number of alkyl halides is 1. The molecule has 0 saturated heterocycles. The Morgan fingerprint density at radius 1 is 0.308 bits per heavy atom. The zero-order chi connectivity index (χ0) is 104. The fourth-order valence-electron chi connectivity index (χ4n) is 12.2. The average Bonchev–Trinajstić information content (AvgIpc) is 0.831. The van der Waals surface area contributed by atoms with Gasteiger partial charge in [0.15, 0.2) is 0 Å². The molecule has 0 atom stereocenters. The summed E-state index contributed by atoms with van der Waals surface area (Å²) in [5.41, 5.74) is 5.32. The van der Waals surface area contributed by atoms with E-state index in [1.165, 1.54) is 56.7 Å². The van der Waals surface area contributed by atoms with Crippen molar-refractivity contribution in [2.24, 2.45) is 0 Å². The van der Waals surface area contributed by atoms with Crippen molar-refractivity contribution in [3.8, 4) is 86.6 Å². The van der Waals surface area contributed by atoms with E-state index in [0.717, 1.165) is 154 Å². The van der Waals surface area contributed by atoms with Gasteiger partial charge in [0.2, 0.25) is 0 Å². The highest BCUT2D eigenvalue weighted by Crippen LogP contribution is 2.46. The first-order valence-electron chi connectivity index (χ1n) is 42.4. The standard InChI is InChI=1S/C17H17NO2S2.C17H18O4S2.C16H17BrO2S2.C16H18O4S2.C16H16O4S2.C16H18O3S2.C8H7ClO2S/c1-19-13-9-14(20-2)11-16(10-13)22-17-5-4-15(21-3)8-12(17)6-7-18;1-20-12-8-13(21-2)10-15(9-12)23-16-5-4-14(22-3)6-11(16)7-17(18)19;1-18-12-7-13(19-2)9-15(8-12)21-16-5-4-14(20-3)6-11(16)10-17;1-17-11-5-12(18-2)8-15(7-11)21-22-16-9-13(19-3)6-14(10-16)20-4;1-19-10-6-11(20-2)8-13(7-10)22-15-5-4-12(21-3)9-14(15)16(17)18;1-18-12-7-13(19-2)9-15(8-12)21-16-5-4-14(20-3)6-11(16)10-17;9-7-2-1-5(4-12)3-6(7)8(10)11/h4-5,8-11H,6H2,1-3H3;4-6,8-10H,7H2,1-3H3,(H,18,19);4-9H,10H2,1-3H3;5-10H,1-4H3;4-9H,1-3H3,(H,17,18);4-9,17H,10H2,1-3H3;1-3,12H,4H2,(H,10,11). The van der Waals surface area contributed by atoms with Crippen molar-refractivity contribution in [3.63, 3.8) is 0 Å². The monoisotopic (exact) mass is 2260 g/mol. The van der Waals surface area contributed by atoms with Crippen LogP contribution in [0.4, 0.5) is 0 Å². The van der Waals surface area contributed by atoms with Crippen molar-refractivity contribution < 1.29 is 101 Å². The number of methoxy groups -OCH3 is 14. The third-order valence-electron chi connectivity index (χ3n) is 19.5. The maximum Gasteiger partial charge on any atom is 0.337 e. The molecule has 4 N–H and O–H groups in total. The van der Waals surface area contributed by atoms with Gasteiger partial charge < -0.3 is 86.7 Å². The third-order valence-corrected chi connectivity index (χ3v) is 32.2. The van der Waals surface area contributed by atoms with Crippen LogP contribution in [0.25, 0.3) is 0 Å². The van der Waals surface area contributed by atoms with Gasteiger partial charge in [-0.05, 0) is 247 Å². The van der Waals surface area contributed by atoms with Crippen LogP contribution in [-0.4, -0.2) is 169 Å². The van der Waals surface area contributed by atoms with E-state index >= 15 is 0 Å². The molecule has 13 aromatic carbocycles. The molecule has 0 aliphatic rings. The fraction of sp³-hybridized carbons (Fsp3) is 0.226. The third kappa shape index (κ3) is 40.2. The minimum atomic E-state index is -1.01. The van der Waals surface area contributed by atoms with Crippen LogP contribution in [0.3, 0.4) is 0 Å². The summed E-state index contributed by atoms with van der Waals surface area (Å²) in [6.07, 6.45) is 10.4. The lowest BCUT2D eigenvalue weighted by Gasteiger charge is -2.11. The summed E-state index contributed by atoms with van der Waals surface area (Å²) >= 11 is 29.2. The van der Waals surface area contributed by atoms with E-state index in [-0.39, 0.29) is 23.6 Å². The number of rotatable bonds is 40. The van der Waals surface area contributed by atoms with E-state index in [1.54, 1.807) is 234 Å². The van der Waals surface area contributed by atoms with Crippen LogP contribution < -0.4 is 66.3 Å². The number of hydrogen-bond acceptors (Lipinski definition) is 32. The molecule has 13 aromatic rings. The van der Waals surface area contributed by atoms with E-state index in [1.807, 2.05) is 183 Å². The van der Waals surface area contributed by atoms with Gasteiger partial charge in [0.05, 0.1) is 141 Å². The van der Waals surface area contributed by atoms with Crippen LogP contribution in [0.2, 0.25) is 5.02 Å². The Morgan fingerprint density at radius 3 is 0.811 bits per heavy atom. The summed E-state index contributed by atoms with van der Waals surface area (Å²) in [4.78, 5) is 50.7. The number of nitriles is 1. The molecule has 0 spiro atoms. The number of benzene rings is 13. The molecule has 758 valence electrons. The highest BCUT2D eigenvalue weighted by atomic mass is 79.9. The summed E-state index contributed by atoms with van der Waals surface area (Å²) in [5, 5.41) is 46.9. The van der Waals surface area contributed by atoms with Crippen LogP contribution >= 0.6 is 179 Å². The second-order valence-electron chi connectivity index (χ2n) is 28.6. The number of aliphatic carboxylic acids is 1. The minimum Gasteiger partial charge on any atom is -0.497 e. The maximum absolute atomic E-state index is 11.5. The van der Waals surface area contributed by atoms with Gasteiger partial charge in [0.1, 0.15) is 80.5 Å². The van der Waals surface area contributed by atoms with Crippen LogP contribution in [0.1, 0.15) is 48.5 Å². The van der Waals surface area contributed by atoms with Gasteiger partial charge in [-0.2, -0.15) is 17.9 Å². The molecule has 0 fully saturated rings. The van der Waals surface area contributed by atoms with E-state index in [2.05, 4.69) is 83.3 Å². The lowest BCUT2D eigenvalue weighted by atomic mass is 10.1. The van der Waals surface area contributed by atoms with Crippen LogP contribution in [0, 0.1) is 11.3 Å². The number of thiol groups is 1. The smallest absolute Gasteiger partial charge is 0.337 e. The number of nitrogens with zero attached hydrogens (tertiary/aromatic N) is 1. The number of carboxylic acids is 3. The van der Waals surface area contributed by atoms with Crippen LogP contribution in [-0.2, 0) is 35.3 Å². The molecule has 0 aliphatic heterocycles. The average molecular weight is 2270 g/mol. The summed E-state index contributed by atoms with van der Waals surface area (Å²) < 4.78 is 74.0. The fourth-order valence-corrected chi connectivity index (χ4v) is 22.5. The minimum absolute atomic E-state index is 0.00215. The molecule has 0 aliphatic carbocycles. The van der Waals surface area contributed by atoms with Gasteiger partial charge >= 0.3 is 17.9 Å². The van der Waals surface area contributed by atoms with E-state index in [0.29, 0.717) is 45.6 Å². The lowest BCUT2D eigenvalue weighted by Crippen LogP contribution is -2.01. The molecule has 0 saturated carbocycles. The Hall–Kier alpha value is -9.76. The molecule has 0 unspecified atom stereocenters. The number of aromatic carboxylic acids is 2. The largest absolute Gasteiger partial charge is 0.497 e. The molecule has 0 bridgehead atoms. The van der Waals surface area contributed by atoms with Crippen LogP contribution in [0.5, 0.6) is 80.5 Å². The summed E-state index contributed by atoms with van der Waals surface area (Å²) in [6, 6.07) is 77.4. The number of aliphatic hydroxyl groups is 1. The molecule has 0 aromatic heterocycles. The Bertz CT molecular complexity index is 6040. The number of carbonyl (C=O) groups is 3. The van der Waals surface area contributed by atoms with Gasteiger partial charge in [0.25, 0.3) is 0 Å². The summed E-state index contributed by atoms with van der Waals surface area (Å²) in [7, 11) is 26.0. The highest BCUT2D eigenvalue weighted by molar-refractivity contribution is 9.08. The second-order valence-corrected chi connectivity index (χ2v) is 42.1. The number of ether oxygens (including phenoxy) is 14. The number of hydrogen-bond donors (Lipinski definition) is 5. The number of aliphatic hydroxyl groups excluding tert-OH is 1. The SMILES string of the molecule is COc1cc(OC)cc(SSc2cc(OC)cc(OC)c2)c1.COc1cc(OC)cc(Sc2ccc(SC)cc2C(=O)O)c1.COc1cc(OC)cc(Sc2ccc(SC)cc2CBr)c1.COc1cc(OC)cc(Sc2ccc(SC)cc2CC#N)c1.COc1cc(OC)cc(Sc2ccc(SC)cc2CC(=O)O)c1.COc1cc(OC)cc(Sc2ccc(SC)cc2CO)c1.O=C(O)c1cc(CS)ccc1Cl. The first-order valence-corrected chi connectivity index (χ1v) is 56.9.